The Kier molecular flexibility index (Phi) is 2.89. The molecular formula is C7H7IO4S3. The van der Waals surface area contributed by atoms with Crippen molar-refractivity contribution in [1.82, 2.24) is 0 Å². The first-order valence-electron chi connectivity index (χ1n) is 4.01. The summed E-state index contributed by atoms with van der Waals surface area (Å²) in [6.07, 6.45) is 0. The van der Waals surface area contributed by atoms with E-state index >= 15 is 0 Å². The molecule has 1 aliphatic rings. The van der Waals surface area contributed by atoms with E-state index in [0.29, 0.717) is 4.88 Å². The van der Waals surface area contributed by atoms with Crippen molar-refractivity contribution >= 4 is 53.6 Å². The highest BCUT2D eigenvalue weighted by Crippen LogP contribution is 2.32. The van der Waals surface area contributed by atoms with E-state index in [4.69, 9.17) is 0 Å². The standard InChI is InChI=1S/C7H7IO4S3/c8-7-3-6-5(13-7)4-14(9,10)1-2-15(6,11)12/h3H,1-2,4H2. The number of sulfone groups is 2. The Hall–Kier alpha value is 0.330. The van der Waals surface area contributed by atoms with Crippen LogP contribution in [-0.4, -0.2) is 28.3 Å². The van der Waals surface area contributed by atoms with Gasteiger partial charge in [-0.1, -0.05) is 0 Å². The minimum atomic E-state index is -3.40. The Balaban J connectivity index is 2.69. The SMILES string of the molecule is O=S1(=O)CCS(=O)(=O)c2cc(I)sc2C1. The van der Waals surface area contributed by atoms with Gasteiger partial charge < -0.3 is 0 Å². The quantitative estimate of drug-likeness (QED) is 0.633. The van der Waals surface area contributed by atoms with Crippen molar-refractivity contribution in [3.8, 4) is 0 Å². The molecule has 0 spiro atoms. The number of hydrogen-bond donors (Lipinski definition) is 0. The monoisotopic (exact) mass is 378 g/mol. The molecule has 0 saturated heterocycles. The van der Waals surface area contributed by atoms with Gasteiger partial charge in [-0.05, 0) is 28.7 Å². The maximum atomic E-state index is 11.7. The van der Waals surface area contributed by atoms with Crippen LogP contribution in [0.1, 0.15) is 4.88 Å². The highest BCUT2D eigenvalue weighted by atomic mass is 127. The fourth-order valence-electron chi connectivity index (χ4n) is 1.36. The fourth-order valence-corrected chi connectivity index (χ4v) is 8.23. The van der Waals surface area contributed by atoms with Crippen LogP contribution in [0.25, 0.3) is 0 Å². The van der Waals surface area contributed by atoms with Crippen molar-refractivity contribution < 1.29 is 16.8 Å². The molecule has 2 heterocycles. The van der Waals surface area contributed by atoms with Crippen molar-refractivity contribution in [3.05, 3.63) is 13.8 Å². The summed E-state index contributed by atoms with van der Waals surface area (Å²) in [5.41, 5.74) is 0. The molecule has 1 aromatic heterocycles. The van der Waals surface area contributed by atoms with E-state index in [1.807, 2.05) is 22.6 Å². The van der Waals surface area contributed by atoms with E-state index in [1.165, 1.54) is 11.3 Å². The lowest BCUT2D eigenvalue weighted by Gasteiger charge is -1.96. The second-order valence-electron chi connectivity index (χ2n) is 3.25. The van der Waals surface area contributed by atoms with E-state index < -0.39 is 19.7 Å². The minimum Gasteiger partial charge on any atom is -0.228 e. The predicted octanol–water partition coefficient (Wildman–Crippen LogP) is 1.05. The summed E-state index contributed by atoms with van der Waals surface area (Å²) in [6, 6.07) is 1.55. The van der Waals surface area contributed by atoms with Crippen molar-refractivity contribution in [3.63, 3.8) is 0 Å². The summed E-state index contributed by atoms with van der Waals surface area (Å²) >= 11 is 3.24. The maximum absolute atomic E-state index is 11.7. The molecular weight excluding hydrogens is 371 g/mol. The van der Waals surface area contributed by atoms with E-state index in [9.17, 15) is 16.8 Å². The number of thiophene rings is 1. The van der Waals surface area contributed by atoms with Crippen LogP contribution in [0, 0.1) is 2.88 Å². The molecule has 84 valence electrons. The van der Waals surface area contributed by atoms with Gasteiger partial charge in [-0.15, -0.1) is 11.3 Å². The lowest BCUT2D eigenvalue weighted by Crippen LogP contribution is -2.13. The smallest absolute Gasteiger partial charge is 0.180 e. The first kappa shape index (κ1) is 11.8. The highest BCUT2D eigenvalue weighted by Gasteiger charge is 2.30. The molecule has 0 radical (unpaired) electrons. The zero-order valence-electron chi connectivity index (χ0n) is 7.43. The molecule has 0 unspecified atom stereocenters. The van der Waals surface area contributed by atoms with Gasteiger partial charge in [0.2, 0.25) is 0 Å². The summed E-state index contributed by atoms with van der Waals surface area (Å²) < 4.78 is 47.2. The number of hydrogen-bond acceptors (Lipinski definition) is 5. The van der Waals surface area contributed by atoms with Crippen molar-refractivity contribution in [2.45, 2.75) is 10.6 Å². The van der Waals surface area contributed by atoms with Crippen LogP contribution in [-0.2, 0) is 25.4 Å². The normalized spacial score (nSPS) is 23.0. The maximum Gasteiger partial charge on any atom is 0.180 e. The third kappa shape index (κ3) is 2.37. The van der Waals surface area contributed by atoms with Gasteiger partial charge in [-0.2, -0.15) is 0 Å². The van der Waals surface area contributed by atoms with Gasteiger partial charge in [0.25, 0.3) is 0 Å². The fraction of sp³-hybridized carbons (Fsp3) is 0.429. The first-order chi connectivity index (χ1) is 6.80. The second-order valence-corrected chi connectivity index (χ2v) is 10.5. The highest BCUT2D eigenvalue weighted by molar-refractivity contribution is 14.1. The number of fused-ring (bicyclic) bond motifs is 1. The topological polar surface area (TPSA) is 68.3 Å². The molecule has 1 aromatic rings. The molecule has 1 aliphatic heterocycles. The van der Waals surface area contributed by atoms with Crippen molar-refractivity contribution in [2.75, 3.05) is 11.5 Å². The second kappa shape index (κ2) is 3.67. The number of rotatable bonds is 0. The summed E-state index contributed by atoms with van der Waals surface area (Å²) in [5, 5.41) is 0. The van der Waals surface area contributed by atoms with Crippen LogP contribution in [0.5, 0.6) is 0 Å². The van der Waals surface area contributed by atoms with E-state index in [2.05, 4.69) is 0 Å². The summed E-state index contributed by atoms with van der Waals surface area (Å²) in [6.45, 7) is 0. The van der Waals surface area contributed by atoms with Gasteiger partial charge in [-0.3, -0.25) is 0 Å². The Morgan fingerprint density at radius 2 is 1.87 bits per heavy atom. The van der Waals surface area contributed by atoms with Crippen LogP contribution < -0.4 is 0 Å². The molecule has 0 atom stereocenters. The van der Waals surface area contributed by atoms with Crippen LogP contribution in [0.4, 0.5) is 0 Å². The Morgan fingerprint density at radius 1 is 1.20 bits per heavy atom. The van der Waals surface area contributed by atoms with Crippen LogP contribution >= 0.6 is 33.9 Å². The molecule has 8 heteroatoms. The molecule has 0 bridgehead atoms. The average molecular weight is 378 g/mol. The molecule has 2 rings (SSSR count). The zero-order chi connectivity index (χ0) is 11.3. The molecule has 4 nitrogen and oxygen atoms in total. The summed E-state index contributed by atoms with van der Waals surface area (Å²) in [4.78, 5) is 0.662. The zero-order valence-corrected chi connectivity index (χ0v) is 12.0. The number of halogens is 1. The van der Waals surface area contributed by atoms with E-state index in [-0.39, 0.29) is 22.2 Å². The average Bonchev–Trinajstić information content (AvgIpc) is 2.40. The van der Waals surface area contributed by atoms with Crippen molar-refractivity contribution in [1.29, 1.82) is 0 Å². The van der Waals surface area contributed by atoms with E-state index in [1.54, 1.807) is 6.07 Å². The summed E-state index contributed by atoms with van der Waals surface area (Å²) in [5.74, 6) is -0.711. The Morgan fingerprint density at radius 3 is 2.53 bits per heavy atom. The van der Waals surface area contributed by atoms with Crippen LogP contribution in [0.3, 0.4) is 0 Å². The minimum absolute atomic E-state index is 0.144. The van der Waals surface area contributed by atoms with Gasteiger partial charge in [0.15, 0.2) is 19.7 Å². The van der Waals surface area contributed by atoms with Crippen LogP contribution in [0.15, 0.2) is 11.0 Å². The first-order valence-corrected chi connectivity index (χ1v) is 9.38. The summed E-state index contributed by atoms with van der Waals surface area (Å²) in [7, 11) is -6.66. The van der Waals surface area contributed by atoms with Crippen molar-refractivity contribution in [2.24, 2.45) is 0 Å². The Labute approximate surface area is 106 Å². The molecule has 15 heavy (non-hydrogen) atoms. The lowest BCUT2D eigenvalue weighted by atomic mass is 10.5. The third-order valence-corrected chi connectivity index (χ3v) is 7.89. The molecule has 0 fully saturated rings. The Bertz CT molecular complexity index is 596. The van der Waals surface area contributed by atoms with Gasteiger partial charge in [0.05, 0.1) is 25.0 Å². The predicted molar refractivity (Wildman–Crippen MR) is 66.6 cm³/mol. The molecule has 0 aliphatic carbocycles. The van der Waals surface area contributed by atoms with E-state index in [0.717, 1.165) is 2.88 Å². The molecule has 0 amide bonds. The lowest BCUT2D eigenvalue weighted by molar-refractivity contribution is 0.591. The van der Waals surface area contributed by atoms with Gasteiger partial charge in [-0.25, -0.2) is 16.8 Å². The van der Waals surface area contributed by atoms with Gasteiger partial charge in [0.1, 0.15) is 0 Å². The van der Waals surface area contributed by atoms with Gasteiger partial charge in [0, 0.05) is 4.88 Å². The third-order valence-electron chi connectivity index (χ3n) is 2.09. The van der Waals surface area contributed by atoms with Crippen LogP contribution in [0.2, 0.25) is 0 Å². The molecule has 0 saturated carbocycles. The molecule has 0 N–H and O–H groups in total. The molecule has 0 aromatic carbocycles. The largest absolute Gasteiger partial charge is 0.228 e. The van der Waals surface area contributed by atoms with Gasteiger partial charge >= 0.3 is 0 Å².